The summed E-state index contributed by atoms with van der Waals surface area (Å²) in [5.41, 5.74) is 2.56. The van der Waals surface area contributed by atoms with Gasteiger partial charge < -0.3 is 15.6 Å². The zero-order chi connectivity index (χ0) is 19.3. The van der Waals surface area contributed by atoms with Crippen LogP contribution in [0.5, 0.6) is 0 Å². The molecule has 0 bridgehead atoms. The van der Waals surface area contributed by atoms with E-state index in [9.17, 15) is 9.18 Å². The third kappa shape index (κ3) is 3.83. The van der Waals surface area contributed by atoms with Gasteiger partial charge in [0.25, 0.3) is 5.91 Å². The third-order valence-electron chi connectivity index (χ3n) is 4.38. The molecule has 7 heteroatoms. The molecule has 0 atom stereocenters. The molecule has 3 N–H and O–H groups in total. The van der Waals surface area contributed by atoms with Crippen LogP contribution in [0, 0.1) is 5.82 Å². The minimum Gasteiger partial charge on any atom is -0.368 e. The molecule has 0 unspecified atom stereocenters. The highest BCUT2D eigenvalue weighted by atomic mass is 19.1. The van der Waals surface area contributed by atoms with Gasteiger partial charge in [-0.05, 0) is 30.2 Å². The summed E-state index contributed by atoms with van der Waals surface area (Å²) in [4.78, 5) is 23.7. The molecule has 0 saturated heterocycles. The van der Waals surface area contributed by atoms with E-state index in [0.29, 0.717) is 12.4 Å². The van der Waals surface area contributed by atoms with Crippen LogP contribution in [0.2, 0.25) is 0 Å². The summed E-state index contributed by atoms with van der Waals surface area (Å²) in [5, 5.41) is 6.88. The molecule has 1 amide bonds. The maximum absolute atomic E-state index is 13.6. The van der Waals surface area contributed by atoms with Gasteiger partial charge in [-0.3, -0.25) is 4.79 Å². The minimum absolute atomic E-state index is 0.107. The maximum Gasteiger partial charge on any atom is 0.275 e. The zero-order valence-corrected chi connectivity index (χ0v) is 14.9. The van der Waals surface area contributed by atoms with Crippen molar-refractivity contribution in [3.05, 3.63) is 84.2 Å². The Balaban J connectivity index is 1.34. The summed E-state index contributed by atoms with van der Waals surface area (Å²) in [7, 11) is 0. The Kier molecular flexibility index (Phi) is 4.97. The molecular weight excluding hydrogens is 357 g/mol. The van der Waals surface area contributed by atoms with Gasteiger partial charge in [0, 0.05) is 23.6 Å². The molecule has 2 heterocycles. The number of rotatable bonds is 6. The predicted octanol–water partition coefficient (Wildman–Crippen LogP) is 4.00. The largest absolute Gasteiger partial charge is 0.368 e. The van der Waals surface area contributed by atoms with Gasteiger partial charge in [-0.2, -0.15) is 0 Å². The third-order valence-corrected chi connectivity index (χ3v) is 4.38. The molecule has 0 radical (unpaired) electrons. The lowest BCUT2D eigenvalue weighted by Gasteiger charge is -2.07. The van der Waals surface area contributed by atoms with E-state index in [0.717, 1.165) is 11.9 Å². The average molecular weight is 375 g/mol. The van der Waals surface area contributed by atoms with E-state index in [2.05, 4.69) is 31.7 Å². The molecule has 140 valence electrons. The molecule has 0 saturated carbocycles. The van der Waals surface area contributed by atoms with E-state index in [1.54, 1.807) is 12.1 Å². The topological polar surface area (TPSA) is 82.7 Å². The lowest BCUT2D eigenvalue weighted by atomic mass is 10.1. The highest BCUT2D eigenvalue weighted by Crippen LogP contribution is 2.18. The van der Waals surface area contributed by atoms with E-state index >= 15 is 0 Å². The van der Waals surface area contributed by atoms with E-state index in [-0.39, 0.29) is 11.4 Å². The smallest absolute Gasteiger partial charge is 0.275 e. The minimum atomic E-state index is -0.511. The fourth-order valence-electron chi connectivity index (χ4n) is 2.95. The first kappa shape index (κ1) is 17.7. The number of benzene rings is 2. The van der Waals surface area contributed by atoms with Gasteiger partial charge in [-0.15, -0.1) is 0 Å². The first-order valence-corrected chi connectivity index (χ1v) is 8.87. The van der Waals surface area contributed by atoms with Gasteiger partial charge in [-0.1, -0.05) is 30.3 Å². The Morgan fingerprint density at radius 3 is 2.68 bits per heavy atom. The van der Waals surface area contributed by atoms with Gasteiger partial charge in [-0.25, -0.2) is 14.4 Å². The average Bonchev–Trinajstić information content (AvgIpc) is 3.13. The monoisotopic (exact) mass is 375 g/mol. The number of fused-ring (bicyclic) bond motifs is 1. The van der Waals surface area contributed by atoms with Gasteiger partial charge >= 0.3 is 0 Å². The Hall–Kier alpha value is -3.74. The molecule has 0 aliphatic heterocycles. The van der Waals surface area contributed by atoms with Crippen LogP contribution in [-0.4, -0.2) is 27.4 Å². The van der Waals surface area contributed by atoms with Gasteiger partial charge in [0.05, 0.1) is 18.1 Å². The van der Waals surface area contributed by atoms with E-state index in [1.807, 2.05) is 24.4 Å². The number of halogens is 1. The number of amides is 1. The van der Waals surface area contributed by atoms with Crippen molar-refractivity contribution >= 4 is 28.3 Å². The van der Waals surface area contributed by atoms with E-state index in [1.165, 1.54) is 35.5 Å². The molecule has 4 aromatic rings. The van der Waals surface area contributed by atoms with Crippen LogP contribution in [0.3, 0.4) is 0 Å². The second-order valence-corrected chi connectivity index (χ2v) is 6.26. The molecule has 4 rings (SSSR count). The molecule has 0 fully saturated rings. The molecular formula is C21H18FN5O. The van der Waals surface area contributed by atoms with E-state index in [4.69, 9.17) is 0 Å². The molecule has 0 aliphatic rings. The number of hydrogen-bond donors (Lipinski definition) is 3. The van der Waals surface area contributed by atoms with Crippen molar-refractivity contribution in [2.45, 2.75) is 6.42 Å². The number of carbonyl (C=O) groups excluding carboxylic acids is 1. The highest BCUT2D eigenvalue weighted by Gasteiger charge is 2.11. The van der Waals surface area contributed by atoms with Crippen LogP contribution in [-0.2, 0) is 6.42 Å². The number of nitrogens with zero attached hydrogens (tertiary/aromatic N) is 2. The Morgan fingerprint density at radius 2 is 1.86 bits per heavy atom. The quantitative estimate of drug-likeness (QED) is 0.476. The van der Waals surface area contributed by atoms with Crippen LogP contribution in [0.15, 0.2) is 67.1 Å². The fraction of sp³-hybridized carbons (Fsp3) is 0.0952. The zero-order valence-electron chi connectivity index (χ0n) is 14.9. The molecule has 0 aliphatic carbocycles. The lowest BCUT2D eigenvalue weighted by molar-refractivity contribution is 0.102. The van der Waals surface area contributed by atoms with Crippen LogP contribution in [0.4, 0.5) is 15.9 Å². The molecule has 0 spiro atoms. The number of para-hydroxylation sites is 2. The standard InChI is InChI=1S/C21H18FN5O/c22-16-6-2-4-8-18(16)27-21(28)19-12-26-20(13-25-19)23-10-9-14-11-24-17-7-3-1-5-15(14)17/h1-8,11-13,24H,9-10H2,(H,23,26)(H,27,28). The number of H-pyrrole nitrogens is 1. The maximum atomic E-state index is 13.6. The second-order valence-electron chi connectivity index (χ2n) is 6.26. The van der Waals surface area contributed by atoms with Gasteiger partial charge in [0.2, 0.25) is 0 Å². The normalized spacial score (nSPS) is 10.8. The van der Waals surface area contributed by atoms with Crippen LogP contribution in [0.1, 0.15) is 16.1 Å². The van der Waals surface area contributed by atoms with Gasteiger partial charge in [0.15, 0.2) is 0 Å². The second kappa shape index (κ2) is 7.87. The fourth-order valence-corrected chi connectivity index (χ4v) is 2.95. The molecule has 28 heavy (non-hydrogen) atoms. The van der Waals surface area contributed by atoms with Crippen LogP contribution in [0.25, 0.3) is 10.9 Å². The SMILES string of the molecule is O=C(Nc1ccccc1F)c1cnc(NCCc2c[nH]c3ccccc23)cn1. The summed E-state index contributed by atoms with van der Waals surface area (Å²) >= 11 is 0. The van der Waals surface area contributed by atoms with E-state index < -0.39 is 11.7 Å². The van der Waals surface area contributed by atoms with Crippen LogP contribution >= 0.6 is 0 Å². The predicted molar refractivity (Wildman–Crippen MR) is 107 cm³/mol. The summed E-state index contributed by atoms with van der Waals surface area (Å²) in [5.74, 6) is -0.440. The highest BCUT2D eigenvalue weighted by molar-refractivity contribution is 6.02. The van der Waals surface area contributed by atoms with Crippen molar-refractivity contribution in [3.63, 3.8) is 0 Å². The number of aromatic nitrogens is 3. The number of hydrogen-bond acceptors (Lipinski definition) is 4. The summed E-state index contributed by atoms with van der Waals surface area (Å²) in [6.07, 6.45) is 5.69. The number of carbonyl (C=O) groups is 1. The summed E-state index contributed by atoms with van der Waals surface area (Å²) in [6, 6.07) is 14.1. The Morgan fingerprint density at radius 1 is 1.04 bits per heavy atom. The summed E-state index contributed by atoms with van der Waals surface area (Å²) in [6.45, 7) is 0.678. The van der Waals surface area contributed by atoms with Crippen molar-refractivity contribution in [3.8, 4) is 0 Å². The first-order chi connectivity index (χ1) is 13.7. The Labute approximate surface area is 160 Å². The Bertz CT molecular complexity index is 1110. The van der Waals surface area contributed by atoms with Crippen molar-refractivity contribution in [1.29, 1.82) is 0 Å². The van der Waals surface area contributed by atoms with Crippen molar-refractivity contribution in [2.24, 2.45) is 0 Å². The molecule has 2 aromatic carbocycles. The van der Waals surface area contributed by atoms with Gasteiger partial charge in [0.1, 0.15) is 17.3 Å². The molecule has 6 nitrogen and oxygen atoms in total. The number of aromatic amines is 1. The molecule has 2 aromatic heterocycles. The van der Waals surface area contributed by atoms with Crippen LogP contribution < -0.4 is 10.6 Å². The lowest BCUT2D eigenvalue weighted by Crippen LogP contribution is -2.15. The summed E-state index contributed by atoms with van der Waals surface area (Å²) < 4.78 is 13.6. The van der Waals surface area contributed by atoms with Crippen molar-refractivity contribution < 1.29 is 9.18 Å². The number of nitrogens with one attached hydrogen (secondary N) is 3. The number of anilines is 2. The van der Waals surface area contributed by atoms with Crippen molar-refractivity contribution in [2.75, 3.05) is 17.2 Å². The van der Waals surface area contributed by atoms with Crippen molar-refractivity contribution in [1.82, 2.24) is 15.0 Å². The first-order valence-electron chi connectivity index (χ1n) is 8.87.